The number of pyridine rings is 1. The lowest BCUT2D eigenvalue weighted by Crippen LogP contribution is -2.38. The summed E-state index contributed by atoms with van der Waals surface area (Å²) in [5.41, 5.74) is 2.22. The average molecular weight is 330 g/mol. The Labute approximate surface area is 140 Å². The molecule has 1 saturated heterocycles. The highest BCUT2D eigenvalue weighted by Crippen LogP contribution is 2.20. The largest absolute Gasteiger partial charge is 0.394 e. The van der Waals surface area contributed by atoms with E-state index in [1.165, 1.54) is 0 Å². The molecule has 1 aliphatic rings. The predicted molar refractivity (Wildman–Crippen MR) is 88.7 cm³/mol. The van der Waals surface area contributed by atoms with Crippen molar-refractivity contribution in [1.82, 2.24) is 15.0 Å². The summed E-state index contributed by atoms with van der Waals surface area (Å²) in [6, 6.07) is 5.23. The molecule has 24 heavy (non-hydrogen) atoms. The Balaban J connectivity index is 1.71. The van der Waals surface area contributed by atoms with Crippen LogP contribution in [-0.4, -0.2) is 45.2 Å². The Bertz CT molecular complexity index is 709. The monoisotopic (exact) mass is 330 g/mol. The van der Waals surface area contributed by atoms with Crippen molar-refractivity contribution in [2.45, 2.75) is 39.3 Å². The van der Waals surface area contributed by atoms with Crippen LogP contribution in [0.15, 0.2) is 22.7 Å². The molecular formula is C17H22N4O3. The highest BCUT2D eigenvalue weighted by Gasteiger charge is 2.29. The maximum absolute atomic E-state index is 12.6. The van der Waals surface area contributed by atoms with Crippen LogP contribution in [0.1, 0.15) is 40.3 Å². The Hall–Kier alpha value is -2.41. The highest BCUT2D eigenvalue weighted by molar-refractivity contribution is 5.93. The average Bonchev–Trinajstić information content (AvgIpc) is 3.19. The molecule has 0 aromatic carbocycles. The summed E-state index contributed by atoms with van der Waals surface area (Å²) in [6.45, 7) is 4.96. The molecule has 3 rings (SSSR count). The van der Waals surface area contributed by atoms with Crippen LogP contribution in [0.3, 0.4) is 0 Å². The first-order valence-electron chi connectivity index (χ1n) is 8.14. The van der Waals surface area contributed by atoms with Crippen LogP contribution in [0, 0.1) is 13.8 Å². The summed E-state index contributed by atoms with van der Waals surface area (Å²) in [5.74, 6) is 1.27. The summed E-state index contributed by atoms with van der Waals surface area (Å²) >= 11 is 0. The number of aryl methyl sites for hydroxylation is 2. The minimum Gasteiger partial charge on any atom is -0.394 e. The maximum Gasteiger partial charge on any atom is 0.272 e. The van der Waals surface area contributed by atoms with Crippen molar-refractivity contribution in [3.63, 3.8) is 0 Å². The second-order valence-corrected chi connectivity index (χ2v) is 6.04. The Morgan fingerprint density at radius 2 is 2.29 bits per heavy atom. The van der Waals surface area contributed by atoms with Gasteiger partial charge in [-0.3, -0.25) is 4.79 Å². The van der Waals surface area contributed by atoms with Crippen molar-refractivity contribution in [3.8, 4) is 0 Å². The van der Waals surface area contributed by atoms with Crippen LogP contribution < -0.4 is 5.32 Å². The van der Waals surface area contributed by atoms with Crippen LogP contribution >= 0.6 is 0 Å². The molecule has 0 aliphatic carbocycles. The number of hydrogen-bond donors (Lipinski definition) is 2. The van der Waals surface area contributed by atoms with Gasteiger partial charge in [-0.05, 0) is 38.8 Å². The summed E-state index contributed by atoms with van der Waals surface area (Å²) in [6.07, 6.45) is 1.76. The number of carbonyl (C=O) groups is 1. The first-order chi connectivity index (χ1) is 11.6. The Morgan fingerprint density at radius 3 is 3.00 bits per heavy atom. The van der Waals surface area contributed by atoms with Crippen LogP contribution in [0.4, 0.5) is 5.82 Å². The van der Waals surface area contributed by atoms with E-state index in [-0.39, 0.29) is 18.6 Å². The van der Waals surface area contributed by atoms with Gasteiger partial charge in [0.25, 0.3) is 5.91 Å². The van der Waals surface area contributed by atoms with Gasteiger partial charge in [-0.2, -0.15) is 0 Å². The zero-order valence-corrected chi connectivity index (χ0v) is 14.0. The van der Waals surface area contributed by atoms with E-state index in [1.807, 2.05) is 19.9 Å². The normalized spacial score (nSPS) is 17.3. The molecule has 1 amide bonds. The summed E-state index contributed by atoms with van der Waals surface area (Å²) in [5, 5.41) is 16.5. The van der Waals surface area contributed by atoms with Crippen molar-refractivity contribution >= 4 is 11.7 Å². The zero-order chi connectivity index (χ0) is 17.1. The molecule has 0 radical (unpaired) electrons. The Morgan fingerprint density at radius 1 is 1.46 bits per heavy atom. The lowest BCUT2D eigenvalue weighted by atomic mass is 10.2. The van der Waals surface area contributed by atoms with Crippen molar-refractivity contribution in [1.29, 1.82) is 0 Å². The molecule has 2 aromatic rings. The van der Waals surface area contributed by atoms with Crippen molar-refractivity contribution < 1.29 is 14.4 Å². The van der Waals surface area contributed by atoms with E-state index >= 15 is 0 Å². The Kier molecular flexibility index (Phi) is 4.80. The second-order valence-electron chi connectivity index (χ2n) is 6.04. The number of aliphatic hydroxyl groups excluding tert-OH is 1. The predicted octanol–water partition coefficient (Wildman–Crippen LogP) is 1.90. The molecule has 0 unspecified atom stereocenters. The molecule has 7 nitrogen and oxygen atoms in total. The molecule has 1 aliphatic heterocycles. The van der Waals surface area contributed by atoms with Gasteiger partial charge in [0.15, 0.2) is 0 Å². The molecule has 0 spiro atoms. The van der Waals surface area contributed by atoms with Crippen LogP contribution in [0.5, 0.6) is 0 Å². The van der Waals surface area contributed by atoms with Crippen LogP contribution in [0.25, 0.3) is 0 Å². The van der Waals surface area contributed by atoms with Crippen molar-refractivity contribution in [2.75, 3.05) is 18.5 Å². The van der Waals surface area contributed by atoms with Gasteiger partial charge in [0.2, 0.25) is 0 Å². The van der Waals surface area contributed by atoms with Gasteiger partial charge in [0.1, 0.15) is 17.3 Å². The molecule has 7 heteroatoms. The first kappa shape index (κ1) is 16.4. The number of aromatic nitrogens is 2. The third-order valence-corrected chi connectivity index (χ3v) is 4.44. The maximum atomic E-state index is 12.6. The van der Waals surface area contributed by atoms with E-state index in [0.717, 1.165) is 29.9 Å². The molecule has 128 valence electrons. The van der Waals surface area contributed by atoms with E-state index in [1.54, 1.807) is 17.0 Å². The fourth-order valence-corrected chi connectivity index (χ4v) is 3.03. The van der Waals surface area contributed by atoms with Gasteiger partial charge < -0.3 is 19.8 Å². The number of amides is 1. The molecule has 3 heterocycles. The molecule has 0 bridgehead atoms. The summed E-state index contributed by atoms with van der Waals surface area (Å²) in [7, 11) is 0. The van der Waals surface area contributed by atoms with E-state index < -0.39 is 0 Å². The van der Waals surface area contributed by atoms with Crippen LogP contribution in [-0.2, 0) is 6.54 Å². The smallest absolute Gasteiger partial charge is 0.272 e. The van der Waals surface area contributed by atoms with Gasteiger partial charge >= 0.3 is 0 Å². The zero-order valence-electron chi connectivity index (χ0n) is 14.0. The van der Waals surface area contributed by atoms with E-state index in [2.05, 4.69) is 15.5 Å². The van der Waals surface area contributed by atoms with Crippen molar-refractivity contribution in [3.05, 3.63) is 40.9 Å². The third kappa shape index (κ3) is 3.26. The van der Waals surface area contributed by atoms with Crippen molar-refractivity contribution in [2.24, 2.45) is 0 Å². The first-order valence-corrected chi connectivity index (χ1v) is 8.14. The topological polar surface area (TPSA) is 91.5 Å². The second kappa shape index (κ2) is 7.00. The number of likely N-dealkylation sites (tertiary alicyclic amines) is 1. The van der Waals surface area contributed by atoms with E-state index in [0.29, 0.717) is 24.6 Å². The summed E-state index contributed by atoms with van der Waals surface area (Å²) in [4.78, 5) is 18.7. The lowest BCUT2D eigenvalue weighted by Gasteiger charge is -2.22. The number of carbonyl (C=O) groups excluding carboxylic acids is 1. The standard InChI is InChI=1S/C17H22N4O3/c1-11-14(12(2)24-20-11)9-18-16-7-3-6-15(19-16)17(23)21-8-4-5-13(21)10-22/h3,6-7,13,22H,4-5,8-10H2,1-2H3,(H,18,19)/t13-/m0/s1. The molecule has 1 fully saturated rings. The quantitative estimate of drug-likeness (QED) is 0.870. The number of aliphatic hydroxyl groups is 1. The van der Waals surface area contributed by atoms with Gasteiger partial charge in [0.05, 0.1) is 18.3 Å². The number of rotatable bonds is 5. The lowest BCUT2D eigenvalue weighted by molar-refractivity contribution is 0.0672. The number of anilines is 1. The third-order valence-electron chi connectivity index (χ3n) is 4.44. The number of nitrogens with zero attached hydrogens (tertiary/aromatic N) is 3. The fraction of sp³-hybridized carbons (Fsp3) is 0.471. The SMILES string of the molecule is Cc1noc(C)c1CNc1cccc(C(=O)N2CCC[C@H]2CO)n1. The van der Waals surface area contributed by atoms with Crippen LogP contribution in [0.2, 0.25) is 0 Å². The van der Waals surface area contributed by atoms with Gasteiger partial charge in [-0.1, -0.05) is 11.2 Å². The van der Waals surface area contributed by atoms with E-state index in [4.69, 9.17) is 4.52 Å². The minimum atomic E-state index is -0.132. The van der Waals surface area contributed by atoms with Gasteiger partial charge in [-0.15, -0.1) is 0 Å². The van der Waals surface area contributed by atoms with E-state index in [9.17, 15) is 9.90 Å². The molecule has 2 N–H and O–H groups in total. The summed E-state index contributed by atoms with van der Waals surface area (Å²) < 4.78 is 5.14. The molecule has 1 atom stereocenters. The van der Waals surface area contributed by atoms with Gasteiger partial charge in [0, 0.05) is 18.7 Å². The number of hydrogen-bond acceptors (Lipinski definition) is 6. The highest BCUT2D eigenvalue weighted by atomic mass is 16.5. The molecule has 0 saturated carbocycles. The fourth-order valence-electron chi connectivity index (χ4n) is 3.03. The van der Waals surface area contributed by atoms with Gasteiger partial charge in [-0.25, -0.2) is 4.98 Å². The number of nitrogens with one attached hydrogen (secondary N) is 1. The molecule has 2 aromatic heterocycles. The minimum absolute atomic E-state index is 0.00424. The molecular weight excluding hydrogens is 308 g/mol.